The smallest absolute Gasteiger partial charge is 0.303 e. The average Bonchev–Trinajstić information content (AvgIpc) is 3.02. The number of aliphatic carboxylic acids is 1. The van der Waals surface area contributed by atoms with Crippen molar-refractivity contribution >= 4 is 23.5 Å². The van der Waals surface area contributed by atoms with Crippen LogP contribution in [0.1, 0.15) is 41.7 Å². The lowest BCUT2D eigenvalue weighted by Crippen LogP contribution is -2.40. The highest BCUT2D eigenvalue weighted by Gasteiger charge is 2.27. The van der Waals surface area contributed by atoms with Crippen LogP contribution in [0.15, 0.2) is 30.5 Å². The van der Waals surface area contributed by atoms with E-state index in [9.17, 15) is 9.59 Å². The second-order valence-electron chi connectivity index (χ2n) is 6.74. The number of carbonyl (C=O) groups is 2. The molecule has 0 spiro atoms. The highest BCUT2D eigenvalue weighted by molar-refractivity contribution is 6.30. The number of carboxylic acid groups (broad SMARTS) is 1. The Kier molecular flexibility index (Phi) is 5.61. The van der Waals surface area contributed by atoms with Crippen molar-refractivity contribution in [2.45, 2.75) is 32.6 Å². The van der Waals surface area contributed by atoms with Gasteiger partial charge in [0, 0.05) is 30.7 Å². The number of hydrogen-bond acceptors (Lipinski definition) is 3. The predicted molar refractivity (Wildman–Crippen MR) is 98.8 cm³/mol. The molecule has 1 saturated heterocycles. The van der Waals surface area contributed by atoms with Crippen molar-refractivity contribution in [3.63, 3.8) is 0 Å². The Morgan fingerprint density at radius 3 is 2.73 bits per heavy atom. The zero-order chi connectivity index (χ0) is 18.7. The maximum absolute atomic E-state index is 12.9. The third kappa shape index (κ3) is 4.25. The molecule has 2 heterocycles. The maximum Gasteiger partial charge on any atom is 0.303 e. The summed E-state index contributed by atoms with van der Waals surface area (Å²) in [4.78, 5) is 25.5. The molecule has 1 amide bonds. The number of carbonyl (C=O) groups excluding carboxylic acids is 1. The molecule has 0 radical (unpaired) electrons. The fourth-order valence-corrected chi connectivity index (χ4v) is 3.51. The van der Waals surface area contributed by atoms with Gasteiger partial charge in [-0.2, -0.15) is 5.10 Å². The Bertz CT molecular complexity index is 801. The van der Waals surface area contributed by atoms with Crippen LogP contribution >= 0.6 is 11.6 Å². The monoisotopic (exact) mass is 375 g/mol. The van der Waals surface area contributed by atoms with Crippen LogP contribution in [0.25, 0.3) is 5.69 Å². The molecule has 1 aliphatic rings. The lowest BCUT2D eigenvalue weighted by atomic mass is 9.93. The van der Waals surface area contributed by atoms with E-state index in [2.05, 4.69) is 5.10 Å². The van der Waals surface area contributed by atoms with E-state index < -0.39 is 5.97 Å². The zero-order valence-electron chi connectivity index (χ0n) is 14.7. The summed E-state index contributed by atoms with van der Waals surface area (Å²) in [6.07, 6.45) is 4.39. The molecular formula is C19H22ClN3O3. The highest BCUT2D eigenvalue weighted by Crippen LogP contribution is 2.24. The van der Waals surface area contributed by atoms with Gasteiger partial charge in [-0.25, -0.2) is 4.68 Å². The number of nitrogens with zero attached hydrogens (tertiary/aromatic N) is 3. The van der Waals surface area contributed by atoms with Gasteiger partial charge in [-0.3, -0.25) is 9.59 Å². The number of aryl methyl sites for hydroxylation is 1. The van der Waals surface area contributed by atoms with Gasteiger partial charge in [-0.15, -0.1) is 0 Å². The number of hydrogen-bond donors (Lipinski definition) is 1. The van der Waals surface area contributed by atoms with Gasteiger partial charge in [0.25, 0.3) is 5.91 Å². The Labute approximate surface area is 157 Å². The summed E-state index contributed by atoms with van der Waals surface area (Å²) in [5.74, 6) is -0.577. The van der Waals surface area contributed by atoms with Gasteiger partial charge >= 0.3 is 5.97 Å². The number of piperidine rings is 1. The number of rotatable bonds is 5. The summed E-state index contributed by atoms with van der Waals surface area (Å²) in [6, 6.07) is 7.28. The normalized spacial score (nSPS) is 17.3. The second-order valence-corrected chi connectivity index (χ2v) is 7.18. The molecule has 138 valence electrons. The van der Waals surface area contributed by atoms with E-state index in [1.807, 2.05) is 24.0 Å². The van der Waals surface area contributed by atoms with Gasteiger partial charge in [0.15, 0.2) is 0 Å². The minimum absolute atomic E-state index is 0.0391. The minimum atomic E-state index is -0.784. The molecule has 1 aromatic carbocycles. The van der Waals surface area contributed by atoms with Crippen molar-refractivity contribution in [3.8, 4) is 5.69 Å². The van der Waals surface area contributed by atoms with E-state index >= 15 is 0 Å². The molecule has 0 unspecified atom stereocenters. The predicted octanol–water partition coefficient (Wildman–Crippen LogP) is 3.55. The number of aromatic nitrogens is 2. The first-order valence-corrected chi connectivity index (χ1v) is 9.15. The third-order valence-corrected chi connectivity index (χ3v) is 5.05. The van der Waals surface area contributed by atoms with E-state index in [-0.39, 0.29) is 18.2 Å². The summed E-state index contributed by atoms with van der Waals surface area (Å²) >= 11 is 5.92. The van der Waals surface area contributed by atoms with Crippen LogP contribution < -0.4 is 0 Å². The minimum Gasteiger partial charge on any atom is -0.481 e. The molecule has 26 heavy (non-hydrogen) atoms. The number of carboxylic acids is 1. The SMILES string of the molecule is Cc1nn(-c2ccc(Cl)cc2)cc1C(=O)N1CCC[C@@H](CCC(=O)O)C1. The van der Waals surface area contributed by atoms with E-state index in [4.69, 9.17) is 16.7 Å². The summed E-state index contributed by atoms with van der Waals surface area (Å²) < 4.78 is 1.69. The second kappa shape index (κ2) is 7.91. The van der Waals surface area contributed by atoms with Crippen molar-refractivity contribution in [2.75, 3.05) is 13.1 Å². The van der Waals surface area contributed by atoms with Crippen LogP contribution in [0.5, 0.6) is 0 Å². The molecule has 0 saturated carbocycles. The average molecular weight is 376 g/mol. The topological polar surface area (TPSA) is 75.4 Å². The van der Waals surface area contributed by atoms with Crippen molar-refractivity contribution in [1.82, 2.24) is 14.7 Å². The first-order chi connectivity index (χ1) is 12.4. The van der Waals surface area contributed by atoms with Crippen molar-refractivity contribution in [2.24, 2.45) is 5.92 Å². The van der Waals surface area contributed by atoms with Gasteiger partial charge in [-0.1, -0.05) is 11.6 Å². The molecule has 0 bridgehead atoms. The van der Waals surface area contributed by atoms with E-state index in [1.165, 1.54) is 0 Å². The highest BCUT2D eigenvalue weighted by atomic mass is 35.5. The number of amides is 1. The van der Waals surface area contributed by atoms with Gasteiger partial charge in [0.1, 0.15) is 0 Å². The van der Waals surface area contributed by atoms with Crippen molar-refractivity contribution in [3.05, 3.63) is 46.7 Å². The van der Waals surface area contributed by atoms with E-state index in [0.29, 0.717) is 35.8 Å². The van der Waals surface area contributed by atoms with Gasteiger partial charge in [-0.05, 0) is 56.4 Å². The van der Waals surface area contributed by atoms with Crippen molar-refractivity contribution < 1.29 is 14.7 Å². The number of halogens is 1. The standard InChI is InChI=1S/C19H22ClN3O3/c1-13-17(12-23(21-13)16-7-5-15(20)6-8-16)19(26)22-10-2-3-14(11-22)4-9-18(24)25/h5-8,12,14H,2-4,9-11H2,1H3,(H,24,25)/t14-/m0/s1. The molecule has 6 nitrogen and oxygen atoms in total. The largest absolute Gasteiger partial charge is 0.481 e. The number of likely N-dealkylation sites (tertiary alicyclic amines) is 1. The van der Waals surface area contributed by atoms with Gasteiger partial charge in [0.2, 0.25) is 0 Å². The molecule has 1 aromatic heterocycles. The lowest BCUT2D eigenvalue weighted by molar-refractivity contribution is -0.137. The van der Waals surface area contributed by atoms with Crippen LogP contribution in [0.2, 0.25) is 5.02 Å². The van der Waals surface area contributed by atoms with E-state index in [1.54, 1.807) is 23.0 Å². The third-order valence-electron chi connectivity index (χ3n) is 4.79. The van der Waals surface area contributed by atoms with Crippen LogP contribution in [0.4, 0.5) is 0 Å². The van der Waals surface area contributed by atoms with Crippen LogP contribution in [-0.4, -0.2) is 44.8 Å². The molecule has 1 fully saturated rings. The molecule has 3 rings (SSSR count). The fourth-order valence-electron chi connectivity index (χ4n) is 3.38. The Morgan fingerprint density at radius 1 is 1.31 bits per heavy atom. The van der Waals surface area contributed by atoms with Crippen LogP contribution in [-0.2, 0) is 4.79 Å². The molecular weight excluding hydrogens is 354 g/mol. The Morgan fingerprint density at radius 2 is 2.04 bits per heavy atom. The maximum atomic E-state index is 12.9. The summed E-state index contributed by atoms with van der Waals surface area (Å²) in [5, 5.41) is 14.0. The molecule has 0 aliphatic carbocycles. The van der Waals surface area contributed by atoms with E-state index in [0.717, 1.165) is 18.5 Å². The molecule has 2 aromatic rings. The summed E-state index contributed by atoms with van der Waals surface area (Å²) in [6.45, 7) is 3.14. The lowest BCUT2D eigenvalue weighted by Gasteiger charge is -2.32. The quantitative estimate of drug-likeness (QED) is 0.867. The van der Waals surface area contributed by atoms with Crippen LogP contribution in [0, 0.1) is 12.8 Å². The van der Waals surface area contributed by atoms with Gasteiger partial charge in [0.05, 0.1) is 16.9 Å². The summed E-state index contributed by atoms with van der Waals surface area (Å²) in [7, 11) is 0. The summed E-state index contributed by atoms with van der Waals surface area (Å²) in [5.41, 5.74) is 2.10. The molecule has 7 heteroatoms. The molecule has 1 aliphatic heterocycles. The van der Waals surface area contributed by atoms with Crippen LogP contribution in [0.3, 0.4) is 0 Å². The number of benzene rings is 1. The zero-order valence-corrected chi connectivity index (χ0v) is 15.4. The Balaban J connectivity index is 1.73. The van der Waals surface area contributed by atoms with Gasteiger partial charge < -0.3 is 10.0 Å². The molecule has 1 atom stereocenters. The van der Waals surface area contributed by atoms with Crippen molar-refractivity contribution in [1.29, 1.82) is 0 Å². The first kappa shape index (κ1) is 18.5. The molecule has 1 N–H and O–H groups in total. The fraction of sp³-hybridized carbons (Fsp3) is 0.421. The Hall–Kier alpha value is -2.34. The first-order valence-electron chi connectivity index (χ1n) is 8.77.